The molecule has 580 valence electrons. The Kier molecular flexibility index (Phi) is 18.8. The van der Waals surface area contributed by atoms with Crippen LogP contribution in [0.2, 0.25) is 5.02 Å². The fourth-order valence-corrected chi connectivity index (χ4v) is 19.6. The van der Waals surface area contributed by atoms with Crippen LogP contribution in [0, 0.1) is 0 Å². The number of anilines is 5. The van der Waals surface area contributed by atoms with Crippen molar-refractivity contribution in [2.45, 2.75) is 10.8 Å². The normalized spacial score (nSPS) is 14.3. The van der Waals surface area contributed by atoms with Crippen molar-refractivity contribution in [3.63, 3.8) is 0 Å². The van der Waals surface area contributed by atoms with Gasteiger partial charge in [0.15, 0.2) is 0 Å². The molecule has 5 heteroatoms. The number of rotatable bonds is 11. The van der Waals surface area contributed by atoms with E-state index < -0.39 is 10.8 Å². The lowest BCUT2D eigenvalue weighted by atomic mass is 9.65. The van der Waals surface area contributed by atoms with E-state index in [0.717, 1.165) is 72.8 Å². The van der Waals surface area contributed by atoms with Gasteiger partial charge in [-0.15, -0.1) is 0 Å². The van der Waals surface area contributed by atoms with Gasteiger partial charge in [-0.3, -0.25) is 0 Å². The molecule has 4 nitrogen and oxygen atoms in total. The van der Waals surface area contributed by atoms with E-state index in [2.05, 4.69) is 459 Å². The second-order valence-corrected chi connectivity index (χ2v) is 32.2. The van der Waals surface area contributed by atoms with E-state index in [1.165, 1.54) is 139 Å². The SMILES string of the molecule is Clc1ccc(-c2cccc3c2-c2ccccc2C32c3ccccc3Oc3c2ccc2ccccc32)cc1.c1ccc(-c2ccc(N(c3ccc(-c4ccccc4)cc3)c3ccc(-c4cccc5c4-c4ccccc4C54c5ccccc5Oc5c4ccc4ccccc54)cc3)cc2)cc1.c1ccc(-c2ccc(Nc3ccc(-c4ccccc4)cc3)cc2)cc1. The summed E-state index contributed by atoms with van der Waals surface area (Å²) in [5.74, 6) is 3.68. The summed E-state index contributed by atoms with van der Waals surface area (Å²) in [5.41, 5.74) is 33.8. The third kappa shape index (κ3) is 12.9. The second kappa shape index (κ2) is 31.3. The zero-order valence-electron chi connectivity index (χ0n) is 67.2. The van der Waals surface area contributed by atoms with E-state index in [0.29, 0.717) is 0 Å². The second-order valence-electron chi connectivity index (χ2n) is 31.8. The number of hydrogen-bond acceptors (Lipinski definition) is 4. The maximum absolute atomic E-state index is 6.88. The highest BCUT2D eigenvalue weighted by molar-refractivity contribution is 6.30. The first kappa shape index (κ1) is 73.8. The van der Waals surface area contributed by atoms with Gasteiger partial charge in [-0.25, -0.2) is 0 Å². The van der Waals surface area contributed by atoms with Gasteiger partial charge >= 0.3 is 0 Å². The summed E-state index contributed by atoms with van der Waals surface area (Å²) >= 11 is 6.26. The predicted molar refractivity (Wildman–Crippen MR) is 511 cm³/mol. The van der Waals surface area contributed by atoms with Crippen molar-refractivity contribution < 1.29 is 9.47 Å². The van der Waals surface area contributed by atoms with Crippen molar-refractivity contribution in [1.29, 1.82) is 0 Å². The number of ether oxygens (including phenoxy) is 2. The van der Waals surface area contributed by atoms with Gasteiger partial charge in [0.25, 0.3) is 0 Å². The first-order valence-electron chi connectivity index (χ1n) is 42.0. The molecule has 0 fully saturated rings. The van der Waals surface area contributed by atoms with Crippen LogP contribution in [0.25, 0.3) is 111 Å². The molecule has 1 N–H and O–H groups in total. The molecule has 20 aromatic carbocycles. The summed E-state index contributed by atoms with van der Waals surface area (Å²) in [6.45, 7) is 0. The number of hydrogen-bond donors (Lipinski definition) is 1. The van der Waals surface area contributed by atoms with Crippen LogP contribution in [0.4, 0.5) is 28.4 Å². The lowest BCUT2D eigenvalue weighted by Gasteiger charge is -2.39. The zero-order valence-corrected chi connectivity index (χ0v) is 67.9. The molecule has 2 aliphatic carbocycles. The smallest absolute Gasteiger partial charge is 0.140 e. The van der Waals surface area contributed by atoms with E-state index in [9.17, 15) is 0 Å². The van der Waals surface area contributed by atoms with Crippen LogP contribution in [0.5, 0.6) is 23.0 Å². The molecule has 0 saturated heterocycles. The molecule has 0 radical (unpaired) electrons. The van der Waals surface area contributed by atoms with E-state index in [1.807, 2.05) is 24.3 Å². The topological polar surface area (TPSA) is 33.7 Å². The third-order valence-electron chi connectivity index (χ3n) is 25.0. The summed E-state index contributed by atoms with van der Waals surface area (Å²) in [6, 6.07) is 169. The molecular weight excluding hydrogens is 1510 g/mol. The number of nitrogens with zero attached hydrogens (tertiary/aromatic N) is 1. The average molecular weight is 1590 g/mol. The molecule has 20 aromatic rings. The molecule has 2 atom stereocenters. The fourth-order valence-electron chi connectivity index (χ4n) is 19.5. The van der Waals surface area contributed by atoms with Crippen molar-refractivity contribution in [3.05, 3.63) is 523 Å². The lowest BCUT2D eigenvalue weighted by Crippen LogP contribution is -2.32. The maximum Gasteiger partial charge on any atom is 0.140 e. The molecule has 0 bridgehead atoms. The van der Waals surface area contributed by atoms with E-state index in [-0.39, 0.29) is 0 Å². The summed E-state index contributed by atoms with van der Waals surface area (Å²) in [6.07, 6.45) is 0. The van der Waals surface area contributed by atoms with Crippen molar-refractivity contribution in [2.75, 3.05) is 10.2 Å². The maximum atomic E-state index is 6.88. The molecule has 2 spiro atoms. The highest BCUT2D eigenvalue weighted by Gasteiger charge is 2.54. The van der Waals surface area contributed by atoms with Gasteiger partial charge in [0.05, 0.1) is 10.8 Å². The predicted octanol–water partition coefficient (Wildman–Crippen LogP) is 32.2. The van der Waals surface area contributed by atoms with Crippen LogP contribution in [-0.2, 0) is 10.8 Å². The first-order valence-corrected chi connectivity index (χ1v) is 42.4. The minimum atomic E-state index is -0.551. The van der Waals surface area contributed by atoms with Gasteiger partial charge in [-0.05, 0) is 207 Å². The third-order valence-corrected chi connectivity index (χ3v) is 25.3. The van der Waals surface area contributed by atoms with Crippen molar-refractivity contribution >= 4 is 61.6 Å². The number of para-hydroxylation sites is 2. The molecule has 123 heavy (non-hydrogen) atoms. The quantitative estimate of drug-likeness (QED) is 0.140. The Morgan fingerprint density at radius 1 is 0.203 bits per heavy atom. The van der Waals surface area contributed by atoms with Crippen LogP contribution in [0.15, 0.2) is 473 Å². The minimum absolute atomic E-state index is 0.484. The van der Waals surface area contributed by atoms with Crippen LogP contribution in [0.3, 0.4) is 0 Å². The summed E-state index contributed by atoms with van der Waals surface area (Å²) < 4.78 is 13.6. The molecule has 2 aliphatic heterocycles. The first-order chi connectivity index (χ1) is 60.9. The molecule has 0 amide bonds. The molecule has 24 rings (SSSR count). The fraction of sp³-hybridized carbons (Fsp3) is 0.0169. The van der Waals surface area contributed by atoms with Crippen LogP contribution >= 0.6 is 11.6 Å². The number of nitrogens with one attached hydrogen (secondary N) is 1. The summed E-state index contributed by atoms with van der Waals surface area (Å²) in [5, 5.41) is 8.81. The number of benzene rings is 20. The summed E-state index contributed by atoms with van der Waals surface area (Å²) in [7, 11) is 0. The van der Waals surface area contributed by atoms with Gasteiger partial charge in [0, 0.05) is 66.5 Å². The monoisotopic (exact) mass is 1590 g/mol. The molecular formula is C118H79ClN2O2. The Morgan fingerprint density at radius 2 is 0.488 bits per heavy atom. The Labute approximate surface area is 721 Å². The lowest BCUT2D eigenvalue weighted by molar-refractivity contribution is 0.441. The van der Waals surface area contributed by atoms with Crippen LogP contribution in [-0.4, -0.2) is 0 Å². The number of fused-ring (bicyclic) bond motifs is 22. The van der Waals surface area contributed by atoms with Crippen LogP contribution in [0.1, 0.15) is 44.5 Å². The minimum Gasteiger partial charge on any atom is -0.456 e. The van der Waals surface area contributed by atoms with E-state index in [4.69, 9.17) is 21.1 Å². The molecule has 4 aliphatic rings. The highest BCUT2D eigenvalue weighted by atomic mass is 35.5. The molecule has 2 unspecified atom stereocenters. The van der Waals surface area contributed by atoms with Gasteiger partial charge in [0.1, 0.15) is 23.0 Å². The Hall–Kier alpha value is -15.6. The van der Waals surface area contributed by atoms with Gasteiger partial charge in [0.2, 0.25) is 0 Å². The largest absolute Gasteiger partial charge is 0.456 e. The van der Waals surface area contributed by atoms with Gasteiger partial charge in [-0.2, -0.15) is 0 Å². The molecule has 0 aromatic heterocycles. The van der Waals surface area contributed by atoms with E-state index in [1.54, 1.807) is 0 Å². The molecule has 0 saturated carbocycles. The van der Waals surface area contributed by atoms with Crippen LogP contribution < -0.4 is 19.7 Å². The van der Waals surface area contributed by atoms with Gasteiger partial charge in [-0.1, -0.05) is 400 Å². The Bertz CT molecular complexity index is 7180. The van der Waals surface area contributed by atoms with Crippen molar-refractivity contribution in [3.8, 4) is 112 Å². The molecule has 2 heterocycles. The van der Waals surface area contributed by atoms with Gasteiger partial charge < -0.3 is 19.7 Å². The zero-order chi connectivity index (χ0) is 81.8. The number of halogens is 1. The average Bonchev–Trinajstić information content (AvgIpc) is 1.54. The van der Waals surface area contributed by atoms with E-state index >= 15 is 0 Å². The Morgan fingerprint density at radius 3 is 0.870 bits per heavy atom. The van der Waals surface area contributed by atoms with Crippen molar-refractivity contribution in [2.24, 2.45) is 0 Å². The Balaban J connectivity index is 0.000000123. The standard InChI is InChI=1S/C59H39NO.C35H21ClO.C24H19N/c1-3-14-40(15-4-1)42-26-33-46(34-27-42)60(47-35-28-43(29-36-47)41-16-5-2-6-17-41)48-37-30-45(31-38-48)49-21-13-24-54-57(49)51-20-9-10-22-52(51)59(54)53-23-11-12-25-56(53)61-58-50-19-8-7-18-44(50)32-39-55(58)59;36-24-19-16-23(17-20-24)25-11-7-14-30-33(25)27-10-3-4-12-28(27)35(30)29-13-5-6-15-32(29)37-34-26-9-2-1-8-22(26)18-21-31(34)35;1-3-7-19(8-4-1)21-11-15-23(16-12-21)25-24-17-13-22(14-18-24)20-9-5-2-6-10-20/h1-39H;1-21H;1-18,25H. The summed E-state index contributed by atoms with van der Waals surface area (Å²) in [4.78, 5) is 2.35. The highest BCUT2D eigenvalue weighted by Crippen LogP contribution is 2.66. The van der Waals surface area contributed by atoms with Crippen molar-refractivity contribution in [1.82, 2.24) is 0 Å².